The van der Waals surface area contributed by atoms with Gasteiger partial charge >= 0.3 is 0 Å². The molecule has 3 heterocycles. The summed E-state index contributed by atoms with van der Waals surface area (Å²) in [4.78, 5) is 11.6. The summed E-state index contributed by atoms with van der Waals surface area (Å²) in [5, 5.41) is 10.6. The van der Waals surface area contributed by atoms with Gasteiger partial charge in [-0.3, -0.25) is 10.1 Å². The quantitative estimate of drug-likeness (QED) is 0.303. The molecule has 0 saturated carbocycles. The van der Waals surface area contributed by atoms with Crippen LogP contribution in [0, 0.1) is 0 Å². The van der Waals surface area contributed by atoms with Crippen molar-refractivity contribution in [3.8, 4) is 11.6 Å². The second-order valence-corrected chi connectivity index (χ2v) is 6.91. The summed E-state index contributed by atoms with van der Waals surface area (Å²) in [7, 11) is 0. The number of hydrogen-bond acceptors (Lipinski definition) is 4. The van der Waals surface area contributed by atoms with Crippen molar-refractivity contribution in [2.75, 3.05) is 26.2 Å². The van der Waals surface area contributed by atoms with E-state index in [-0.39, 0.29) is 24.0 Å². The van der Waals surface area contributed by atoms with Crippen molar-refractivity contribution in [2.45, 2.75) is 25.7 Å². The van der Waals surface area contributed by atoms with Gasteiger partial charge in [0.2, 0.25) is 5.82 Å². The van der Waals surface area contributed by atoms with Gasteiger partial charge < -0.3 is 14.6 Å². The molecule has 3 aromatic rings. The zero-order valence-corrected chi connectivity index (χ0v) is 18.9. The molecule has 1 aliphatic heterocycles. The van der Waals surface area contributed by atoms with E-state index < -0.39 is 0 Å². The molecule has 0 radical (unpaired) electrons. The van der Waals surface area contributed by atoms with Crippen LogP contribution >= 0.6 is 24.0 Å². The molecule has 1 fully saturated rings. The van der Waals surface area contributed by atoms with Crippen molar-refractivity contribution in [3.05, 3.63) is 60.1 Å². The van der Waals surface area contributed by atoms with Gasteiger partial charge in [0.1, 0.15) is 5.82 Å². The molecule has 1 aliphatic rings. The average molecular weight is 506 g/mol. The predicted octanol–water partition coefficient (Wildman–Crippen LogP) is 3.68. The number of H-pyrrole nitrogens is 1. The van der Waals surface area contributed by atoms with E-state index in [2.05, 4.69) is 62.7 Å². The largest absolute Gasteiger partial charge is 0.461 e. The number of nitrogens with one attached hydrogen (secondary N) is 2. The summed E-state index contributed by atoms with van der Waals surface area (Å²) in [5.41, 5.74) is 1.41. The Morgan fingerprint density at radius 3 is 2.90 bits per heavy atom. The fraction of sp³-hybridized carbons (Fsp3) is 0.381. The Morgan fingerprint density at radius 1 is 1.28 bits per heavy atom. The zero-order chi connectivity index (χ0) is 19.2. The molecule has 0 spiro atoms. The summed E-state index contributed by atoms with van der Waals surface area (Å²) in [6, 6.07) is 14.4. The van der Waals surface area contributed by atoms with Crippen LogP contribution in [0.2, 0.25) is 0 Å². The predicted molar refractivity (Wildman–Crippen MR) is 125 cm³/mol. The van der Waals surface area contributed by atoms with Crippen LogP contribution in [-0.2, 0) is 6.42 Å². The Morgan fingerprint density at radius 2 is 2.14 bits per heavy atom. The van der Waals surface area contributed by atoms with Gasteiger partial charge in [0.15, 0.2) is 11.7 Å². The monoisotopic (exact) mass is 506 g/mol. The summed E-state index contributed by atoms with van der Waals surface area (Å²) >= 11 is 0. The maximum Gasteiger partial charge on any atom is 0.216 e. The molecule has 0 aliphatic carbocycles. The van der Waals surface area contributed by atoms with Crippen LogP contribution in [0.5, 0.6) is 0 Å². The van der Waals surface area contributed by atoms with Gasteiger partial charge in [0.05, 0.1) is 6.26 Å². The smallest absolute Gasteiger partial charge is 0.216 e. The van der Waals surface area contributed by atoms with Crippen molar-refractivity contribution < 1.29 is 4.42 Å². The highest BCUT2D eigenvalue weighted by molar-refractivity contribution is 14.0. The Kier molecular flexibility index (Phi) is 7.68. The Bertz CT molecular complexity index is 893. The molecule has 1 aromatic carbocycles. The molecule has 0 bridgehead atoms. The number of aromatic nitrogens is 3. The zero-order valence-electron chi connectivity index (χ0n) is 16.5. The van der Waals surface area contributed by atoms with E-state index in [1.165, 1.54) is 5.56 Å². The molecule has 1 atom stereocenters. The molecule has 7 nitrogen and oxygen atoms in total. The van der Waals surface area contributed by atoms with Gasteiger partial charge in [-0.1, -0.05) is 30.3 Å². The summed E-state index contributed by atoms with van der Waals surface area (Å²) in [6.45, 7) is 5.64. The van der Waals surface area contributed by atoms with Crippen molar-refractivity contribution >= 4 is 29.9 Å². The fourth-order valence-electron chi connectivity index (χ4n) is 3.57. The van der Waals surface area contributed by atoms with Crippen molar-refractivity contribution in [1.29, 1.82) is 0 Å². The summed E-state index contributed by atoms with van der Waals surface area (Å²) < 4.78 is 5.33. The van der Waals surface area contributed by atoms with Crippen LogP contribution in [0.15, 0.2) is 58.1 Å². The van der Waals surface area contributed by atoms with Crippen LogP contribution in [0.25, 0.3) is 11.6 Å². The maximum atomic E-state index is 5.33. The van der Waals surface area contributed by atoms with Crippen molar-refractivity contribution in [2.24, 2.45) is 4.99 Å². The third kappa shape index (κ3) is 5.37. The van der Waals surface area contributed by atoms with E-state index in [4.69, 9.17) is 9.41 Å². The second kappa shape index (κ2) is 10.4. The Balaban J connectivity index is 0.00000240. The number of nitrogens with zero attached hydrogens (tertiary/aromatic N) is 4. The number of benzene rings is 1. The maximum absolute atomic E-state index is 5.33. The minimum atomic E-state index is 0. The second-order valence-electron chi connectivity index (χ2n) is 6.91. The molecule has 154 valence electrons. The fourth-order valence-corrected chi connectivity index (χ4v) is 3.57. The molecular formula is C21H27IN6O. The molecule has 29 heavy (non-hydrogen) atoms. The van der Waals surface area contributed by atoms with Gasteiger partial charge in [0.25, 0.3) is 0 Å². The minimum Gasteiger partial charge on any atom is -0.461 e. The van der Waals surface area contributed by atoms with Gasteiger partial charge in [-0.25, -0.2) is 4.98 Å². The molecule has 1 unspecified atom stereocenters. The molecule has 1 saturated heterocycles. The standard InChI is InChI=1S/C21H26N6O.HI/c1-2-22-21(27-13-11-17(15-27)16-7-4-3-5-8-16)23-12-10-19-24-20(26-25-19)18-9-6-14-28-18;/h3-9,14,17H,2,10-13,15H2,1H3,(H,22,23)(H,24,25,26);1H. The van der Waals surface area contributed by atoms with Crippen LogP contribution < -0.4 is 5.32 Å². The molecule has 2 N–H and O–H groups in total. The van der Waals surface area contributed by atoms with Crippen LogP contribution in [-0.4, -0.2) is 52.2 Å². The van der Waals surface area contributed by atoms with Gasteiger partial charge in [-0.05, 0) is 31.0 Å². The first-order chi connectivity index (χ1) is 13.8. The summed E-state index contributed by atoms with van der Waals surface area (Å²) in [5.74, 6) is 3.61. The Hall–Kier alpha value is -2.36. The Labute approximate surface area is 188 Å². The van der Waals surface area contributed by atoms with Crippen LogP contribution in [0.3, 0.4) is 0 Å². The lowest BCUT2D eigenvalue weighted by Gasteiger charge is -2.21. The van der Waals surface area contributed by atoms with Crippen LogP contribution in [0.1, 0.15) is 30.7 Å². The third-order valence-corrected chi connectivity index (χ3v) is 4.98. The van der Waals surface area contributed by atoms with Crippen molar-refractivity contribution in [1.82, 2.24) is 25.4 Å². The lowest BCUT2D eigenvalue weighted by molar-refractivity contribution is 0.486. The highest BCUT2D eigenvalue weighted by Gasteiger charge is 2.25. The van der Waals surface area contributed by atoms with E-state index in [1.807, 2.05) is 12.1 Å². The third-order valence-electron chi connectivity index (χ3n) is 4.98. The lowest BCUT2D eigenvalue weighted by atomic mass is 9.99. The number of hydrogen-bond donors (Lipinski definition) is 2. The number of halogens is 1. The SMILES string of the molecule is CCNC(=NCCc1nc(-c2ccco2)n[nH]1)N1CCC(c2ccccc2)C1.I. The number of guanidine groups is 1. The lowest BCUT2D eigenvalue weighted by Crippen LogP contribution is -2.40. The van der Waals surface area contributed by atoms with Crippen LogP contribution in [0.4, 0.5) is 0 Å². The highest BCUT2D eigenvalue weighted by Crippen LogP contribution is 2.26. The number of aliphatic imine (C=N–C) groups is 1. The molecule has 4 rings (SSSR count). The normalized spacial score (nSPS) is 16.7. The van der Waals surface area contributed by atoms with Gasteiger partial charge in [-0.15, -0.1) is 24.0 Å². The first kappa shape index (κ1) is 21.4. The number of furan rings is 1. The average Bonchev–Trinajstić information content (AvgIpc) is 3.49. The van der Waals surface area contributed by atoms with Crippen molar-refractivity contribution in [3.63, 3.8) is 0 Å². The van der Waals surface area contributed by atoms with E-state index in [9.17, 15) is 0 Å². The number of likely N-dealkylation sites (tertiary alicyclic amines) is 1. The first-order valence-corrected chi connectivity index (χ1v) is 9.87. The summed E-state index contributed by atoms with van der Waals surface area (Å²) in [6.07, 6.45) is 3.48. The van der Waals surface area contributed by atoms with E-state index in [0.717, 1.165) is 37.8 Å². The number of rotatable bonds is 6. The van der Waals surface area contributed by atoms with E-state index in [1.54, 1.807) is 6.26 Å². The topological polar surface area (TPSA) is 82.3 Å². The van der Waals surface area contributed by atoms with Gasteiger partial charge in [0, 0.05) is 38.5 Å². The molecule has 8 heteroatoms. The minimum absolute atomic E-state index is 0. The first-order valence-electron chi connectivity index (χ1n) is 9.87. The highest BCUT2D eigenvalue weighted by atomic mass is 127. The molecular weight excluding hydrogens is 479 g/mol. The number of aromatic amines is 1. The van der Waals surface area contributed by atoms with Gasteiger partial charge in [-0.2, -0.15) is 5.10 Å². The molecule has 2 aromatic heterocycles. The van der Waals surface area contributed by atoms with E-state index >= 15 is 0 Å². The molecule has 0 amide bonds. The van der Waals surface area contributed by atoms with E-state index in [0.29, 0.717) is 30.5 Å².